The molecule has 0 aliphatic rings. The predicted molar refractivity (Wildman–Crippen MR) is 65.7 cm³/mol. The molecule has 0 unspecified atom stereocenters. The van der Waals surface area contributed by atoms with Gasteiger partial charge < -0.3 is 15.2 Å². The van der Waals surface area contributed by atoms with Crippen LogP contribution in [0.5, 0.6) is 0 Å². The first-order valence-corrected chi connectivity index (χ1v) is 5.52. The van der Waals surface area contributed by atoms with Crippen molar-refractivity contribution in [3.05, 3.63) is 11.8 Å². The third kappa shape index (κ3) is 4.33. The largest absolute Gasteiger partial charge is 0.360 e. The molecule has 0 saturated carbocycles. The third-order valence-electron chi connectivity index (χ3n) is 1.69. The lowest BCUT2D eigenvalue weighted by atomic mass is 10.4. The van der Waals surface area contributed by atoms with Gasteiger partial charge in [0.15, 0.2) is 11.8 Å². The van der Waals surface area contributed by atoms with Gasteiger partial charge in [-0.05, 0) is 34.6 Å². The minimum atomic E-state index is 0.224. The Hall–Kier alpha value is -1.52. The highest BCUT2D eigenvalue weighted by Gasteiger charge is 2.06. The molecule has 2 N–H and O–H groups in total. The van der Waals surface area contributed by atoms with Gasteiger partial charge in [0.1, 0.15) is 5.76 Å². The smallest absolute Gasteiger partial charge is 0.197 e. The van der Waals surface area contributed by atoms with E-state index >= 15 is 0 Å². The highest BCUT2D eigenvalue weighted by Crippen LogP contribution is 2.07. The third-order valence-corrected chi connectivity index (χ3v) is 1.69. The minimum absolute atomic E-state index is 0.224. The summed E-state index contributed by atoms with van der Waals surface area (Å²) < 4.78 is 4.98. The van der Waals surface area contributed by atoms with Crippen molar-refractivity contribution in [3.63, 3.8) is 0 Å². The van der Waals surface area contributed by atoms with Crippen molar-refractivity contribution in [3.8, 4) is 0 Å². The molecule has 0 aliphatic carbocycles. The number of anilines is 1. The Morgan fingerprint density at radius 2 is 2.06 bits per heavy atom. The first kappa shape index (κ1) is 12.5. The second-order valence-corrected chi connectivity index (χ2v) is 4.32. The van der Waals surface area contributed by atoms with Crippen molar-refractivity contribution in [1.82, 2.24) is 10.5 Å². The first-order valence-electron chi connectivity index (χ1n) is 5.52. The molecule has 1 aromatic rings. The number of guanidine groups is 1. The van der Waals surface area contributed by atoms with E-state index in [4.69, 9.17) is 4.52 Å². The number of nitrogens with one attached hydrogen (secondary N) is 2. The standard InChI is InChI=1S/C11H20N4O/c1-7(2)12-11(13-8(3)4)14-10-6-9(5)16-15-10/h6-8H,1-5H3,(H2,12,13,14,15). The van der Waals surface area contributed by atoms with Gasteiger partial charge in [-0.1, -0.05) is 5.16 Å². The van der Waals surface area contributed by atoms with Crippen LogP contribution in [0.15, 0.2) is 15.6 Å². The van der Waals surface area contributed by atoms with Crippen LogP contribution in [0.25, 0.3) is 0 Å². The Morgan fingerprint density at radius 1 is 1.38 bits per heavy atom. The number of hydrogen-bond donors (Lipinski definition) is 2. The van der Waals surface area contributed by atoms with E-state index in [2.05, 4.69) is 34.6 Å². The average Bonchev–Trinajstić information content (AvgIpc) is 2.48. The molecule has 16 heavy (non-hydrogen) atoms. The summed E-state index contributed by atoms with van der Waals surface area (Å²) in [5.41, 5.74) is 0. The van der Waals surface area contributed by atoms with E-state index in [0.29, 0.717) is 11.9 Å². The molecule has 90 valence electrons. The number of rotatable bonds is 3. The lowest BCUT2D eigenvalue weighted by molar-refractivity contribution is 0.400. The fourth-order valence-corrected chi connectivity index (χ4v) is 1.18. The molecule has 0 amide bonds. The van der Waals surface area contributed by atoms with E-state index in [1.54, 1.807) is 0 Å². The molecule has 5 heteroatoms. The van der Waals surface area contributed by atoms with Crippen molar-refractivity contribution >= 4 is 11.8 Å². The van der Waals surface area contributed by atoms with Gasteiger partial charge in [0.25, 0.3) is 0 Å². The molecule has 0 radical (unpaired) electrons. The quantitative estimate of drug-likeness (QED) is 0.610. The molecule has 1 heterocycles. The maximum atomic E-state index is 4.98. The average molecular weight is 224 g/mol. The minimum Gasteiger partial charge on any atom is -0.360 e. The molecular weight excluding hydrogens is 204 g/mol. The maximum absolute atomic E-state index is 4.98. The van der Waals surface area contributed by atoms with Crippen molar-refractivity contribution in [2.45, 2.75) is 46.7 Å². The zero-order valence-corrected chi connectivity index (χ0v) is 10.5. The summed E-state index contributed by atoms with van der Waals surface area (Å²) in [6.07, 6.45) is 0. The second kappa shape index (κ2) is 5.53. The molecule has 1 aromatic heterocycles. The lowest BCUT2D eigenvalue weighted by Gasteiger charge is -2.14. The van der Waals surface area contributed by atoms with Gasteiger partial charge in [-0.3, -0.25) is 4.99 Å². The summed E-state index contributed by atoms with van der Waals surface area (Å²) in [6, 6.07) is 2.37. The van der Waals surface area contributed by atoms with Crippen LogP contribution >= 0.6 is 0 Å². The van der Waals surface area contributed by atoms with Gasteiger partial charge in [-0.15, -0.1) is 0 Å². The Labute approximate surface area is 96.3 Å². The van der Waals surface area contributed by atoms with Crippen molar-refractivity contribution < 1.29 is 4.52 Å². The van der Waals surface area contributed by atoms with Crippen LogP contribution in [-0.4, -0.2) is 23.2 Å². The van der Waals surface area contributed by atoms with Crippen LogP contribution in [0.1, 0.15) is 33.5 Å². The highest BCUT2D eigenvalue weighted by atomic mass is 16.5. The SMILES string of the molecule is Cc1cc(NC(=NC(C)C)NC(C)C)no1. The molecule has 0 aliphatic heterocycles. The van der Waals surface area contributed by atoms with E-state index in [0.717, 1.165) is 11.7 Å². The van der Waals surface area contributed by atoms with E-state index in [1.165, 1.54) is 0 Å². The first-order chi connectivity index (χ1) is 7.47. The zero-order chi connectivity index (χ0) is 12.1. The van der Waals surface area contributed by atoms with Crippen LogP contribution in [0, 0.1) is 6.92 Å². The normalized spacial score (nSPS) is 12.3. The van der Waals surface area contributed by atoms with Gasteiger partial charge in [-0.2, -0.15) is 0 Å². The summed E-state index contributed by atoms with van der Waals surface area (Å²) in [5.74, 6) is 2.17. The summed E-state index contributed by atoms with van der Waals surface area (Å²) in [7, 11) is 0. The molecule has 1 rings (SSSR count). The topological polar surface area (TPSA) is 62.5 Å². The Bertz CT molecular complexity index is 355. The summed E-state index contributed by atoms with van der Waals surface area (Å²) >= 11 is 0. The van der Waals surface area contributed by atoms with Crippen LogP contribution in [0.4, 0.5) is 5.82 Å². The Morgan fingerprint density at radius 3 is 2.50 bits per heavy atom. The van der Waals surface area contributed by atoms with Crippen LogP contribution < -0.4 is 10.6 Å². The van der Waals surface area contributed by atoms with Gasteiger partial charge in [0.05, 0.1) is 0 Å². The Balaban J connectivity index is 2.70. The number of hydrogen-bond acceptors (Lipinski definition) is 3. The van der Waals surface area contributed by atoms with E-state index in [-0.39, 0.29) is 6.04 Å². The summed E-state index contributed by atoms with van der Waals surface area (Å²) in [6.45, 7) is 10.0. The molecule has 0 fully saturated rings. The molecule has 0 aromatic carbocycles. The number of aliphatic imine (C=N–C) groups is 1. The van der Waals surface area contributed by atoms with E-state index in [1.807, 2.05) is 26.8 Å². The van der Waals surface area contributed by atoms with Gasteiger partial charge in [-0.25, -0.2) is 0 Å². The lowest BCUT2D eigenvalue weighted by Crippen LogP contribution is -2.36. The van der Waals surface area contributed by atoms with Gasteiger partial charge in [0, 0.05) is 18.2 Å². The number of aromatic nitrogens is 1. The van der Waals surface area contributed by atoms with E-state index in [9.17, 15) is 0 Å². The van der Waals surface area contributed by atoms with E-state index < -0.39 is 0 Å². The molecule has 5 nitrogen and oxygen atoms in total. The number of aryl methyl sites for hydroxylation is 1. The molecule has 0 spiro atoms. The summed E-state index contributed by atoms with van der Waals surface area (Å²) in [4.78, 5) is 4.43. The van der Waals surface area contributed by atoms with Crippen molar-refractivity contribution in [2.75, 3.05) is 5.32 Å². The molecular formula is C11H20N4O. The fourth-order valence-electron chi connectivity index (χ4n) is 1.18. The fraction of sp³-hybridized carbons (Fsp3) is 0.636. The maximum Gasteiger partial charge on any atom is 0.197 e. The van der Waals surface area contributed by atoms with Crippen molar-refractivity contribution in [1.29, 1.82) is 0 Å². The van der Waals surface area contributed by atoms with Gasteiger partial charge >= 0.3 is 0 Å². The van der Waals surface area contributed by atoms with Crippen LogP contribution in [0.3, 0.4) is 0 Å². The number of nitrogens with zero attached hydrogens (tertiary/aromatic N) is 2. The highest BCUT2D eigenvalue weighted by molar-refractivity contribution is 5.93. The van der Waals surface area contributed by atoms with Crippen LogP contribution in [-0.2, 0) is 0 Å². The molecule has 0 saturated heterocycles. The zero-order valence-electron chi connectivity index (χ0n) is 10.5. The van der Waals surface area contributed by atoms with Gasteiger partial charge in [0.2, 0.25) is 0 Å². The molecule has 0 bridgehead atoms. The summed E-state index contributed by atoms with van der Waals surface area (Å²) in [5, 5.41) is 10.2. The second-order valence-electron chi connectivity index (χ2n) is 4.32. The monoisotopic (exact) mass is 224 g/mol. The van der Waals surface area contributed by atoms with Crippen LogP contribution in [0.2, 0.25) is 0 Å². The predicted octanol–water partition coefficient (Wildman–Crippen LogP) is 2.16. The molecule has 0 atom stereocenters. The van der Waals surface area contributed by atoms with Crippen molar-refractivity contribution in [2.24, 2.45) is 4.99 Å². The Kier molecular flexibility index (Phi) is 4.34.